The number of likely N-dealkylation sites (tertiary alicyclic amines) is 1. The number of hydrogen-bond acceptors (Lipinski definition) is 4. The lowest BCUT2D eigenvalue weighted by Gasteiger charge is -2.35. The van der Waals surface area contributed by atoms with Crippen LogP contribution in [0.1, 0.15) is 12.8 Å². The first-order valence-electron chi connectivity index (χ1n) is 10.4. The molecule has 162 valence electrons. The summed E-state index contributed by atoms with van der Waals surface area (Å²) in [5.41, 5.74) is 0.548. The minimum atomic E-state index is -0.188. The molecule has 1 N–H and O–H groups in total. The number of benzene rings is 2. The predicted octanol–water partition coefficient (Wildman–Crippen LogP) is 4.62. The van der Waals surface area contributed by atoms with Gasteiger partial charge in [0.25, 0.3) is 0 Å². The van der Waals surface area contributed by atoms with Crippen molar-refractivity contribution in [1.29, 1.82) is 0 Å². The van der Waals surface area contributed by atoms with Crippen molar-refractivity contribution in [2.24, 2.45) is 0 Å². The fraction of sp³-hybridized carbons (Fsp3) is 0.435. The van der Waals surface area contributed by atoms with Gasteiger partial charge < -0.3 is 24.8 Å². The van der Waals surface area contributed by atoms with Gasteiger partial charge >= 0.3 is 6.03 Å². The summed E-state index contributed by atoms with van der Waals surface area (Å²) in [6.07, 6.45) is 2.34. The number of likely N-dealkylation sites (N-methyl/N-ethyl adjacent to an activating group) is 2. The molecule has 1 fully saturated rings. The molecule has 3 rings (SSSR count). The van der Waals surface area contributed by atoms with Crippen molar-refractivity contribution in [3.8, 4) is 11.5 Å². The summed E-state index contributed by atoms with van der Waals surface area (Å²) >= 11 is 6.15. The van der Waals surface area contributed by atoms with Crippen LogP contribution in [-0.2, 0) is 0 Å². The summed E-state index contributed by atoms with van der Waals surface area (Å²) in [4.78, 5) is 19.2. The number of halogens is 1. The van der Waals surface area contributed by atoms with Crippen LogP contribution in [0.3, 0.4) is 0 Å². The number of anilines is 1. The second-order valence-electron chi connectivity index (χ2n) is 7.92. The van der Waals surface area contributed by atoms with Crippen molar-refractivity contribution in [1.82, 2.24) is 14.7 Å². The summed E-state index contributed by atoms with van der Waals surface area (Å²) in [6.45, 7) is 3.74. The van der Waals surface area contributed by atoms with E-state index in [4.69, 9.17) is 16.3 Å². The van der Waals surface area contributed by atoms with Crippen LogP contribution in [0.15, 0.2) is 48.5 Å². The van der Waals surface area contributed by atoms with Crippen molar-refractivity contribution in [2.45, 2.75) is 18.9 Å². The van der Waals surface area contributed by atoms with Gasteiger partial charge in [-0.3, -0.25) is 0 Å². The van der Waals surface area contributed by atoms with E-state index in [0.29, 0.717) is 34.8 Å². The zero-order valence-corrected chi connectivity index (χ0v) is 18.7. The number of urea groups is 1. The second kappa shape index (κ2) is 10.7. The molecule has 2 amide bonds. The van der Waals surface area contributed by atoms with Crippen molar-refractivity contribution < 1.29 is 9.53 Å². The van der Waals surface area contributed by atoms with E-state index in [2.05, 4.69) is 29.2 Å². The van der Waals surface area contributed by atoms with Gasteiger partial charge in [-0.1, -0.05) is 29.8 Å². The second-order valence-corrected chi connectivity index (χ2v) is 8.36. The van der Waals surface area contributed by atoms with Crippen LogP contribution >= 0.6 is 11.6 Å². The number of piperidine rings is 1. The largest absolute Gasteiger partial charge is 0.455 e. The Kier molecular flexibility index (Phi) is 7.96. The lowest BCUT2D eigenvalue weighted by Crippen LogP contribution is -2.45. The zero-order valence-electron chi connectivity index (χ0n) is 18.0. The molecule has 1 aliphatic rings. The summed E-state index contributed by atoms with van der Waals surface area (Å²) in [5.74, 6) is 1.25. The predicted molar refractivity (Wildman–Crippen MR) is 123 cm³/mol. The Morgan fingerprint density at radius 2 is 1.83 bits per heavy atom. The van der Waals surface area contributed by atoms with Crippen molar-refractivity contribution in [2.75, 3.05) is 52.6 Å². The molecule has 0 aliphatic carbocycles. The maximum absolute atomic E-state index is 12.8. The smallest absolute Gasteiger partial charge is 0.321 e. The first-order chi connectivity index (χ1) is 14.4. The highest BCUT2D eigenvalue weighted by Crippen LogP contribution is 2.32. The fourth-order valence-corrected chi connectivity index (χ4v) is 3.71. The van der Waals surface area contributed by atoms with E-state index in [9.17, 15) is 4.79 Å². The van der Waals surface area contributed by atoms with E-state index in [-0.39, 0.29) is 6.03 Å². The van der Waals surface area contributed by atoms with Crippen LogP contribution < -0.4 is 10.1 Å². The molecule has 0 spiro atoms. The molecule has 0 unspecified atom stereocenters. The number of para-hydroxylation sites is 1. The number of amides is 2. The standard InChI is InChI=1S/C23H31ClN4O2/c1-26-13-11-19(12-14-26)27(2)15-16-28(3)23(29)25-21-17-18(24)9-10-22(21)30-20-7-5-4-6-8-20/h4-10,17,19H,11-16H2,1-3H3,(H,25,29). The molecule has 1 heterocycles. The van der Waals surface area contributed by atoms with Gasteiger partial charge in [0.1, 0.15) is 5.75 Å². The quantitative estimate of drug-likeness (QED) is 0.696. The van der Waals surface area contributed by atoms with Crippen molar-refractivity contribution in [3.63, 3.8) is 0 Å². The number of ether oxygens (including phenoxy) is 1. The van der Waals surface area contributed by atoms with Crippen LogP contribution in [0.2, 0.25) is 5.02 Å². The normalized spacial score (nSPS) is 15.2. The van der Waals surface area contributed by atoms with E-state index >= 15 is 0 Å². The first-order valence-corrected chi connectivity index (χ1v) is 10.7. The SMILES string of the molecule is CN1CCC(N(C)CCN(C)C(=O)Nc2cc(Cl)ccc2Oc2ccccc2)CC1. The van der Waals surface area contributed by atoms with Crippen LogP contribution in [0, 0.1) is 0 Å². The average Bonchev–Trinajstić information content (AvgIpc) is 2.75. The van der Waals surface area contributed by atoms with Gasteiger partial charge in [0.05, 0.1) is 5.69 Å². The molecule has 2 aromatic rings. The van der Waals surface area contributed by atoms with Gasteiger partial charge in [-0.25, -0.2) is 4.79 Å². The summed E-state index contributed by atoms with van der Waals surface area (Å²) in [5, 5.41) is 3.47. The first kappa shape index (κ1) is 22.4. The fourth-order valence-electron chi connectivity index (χ4n) is 3.54. The lowest BCUT2D eigenvalue weighted by molar-refractivity contribution is 0.136. The van der Waals surface area contributed by atoms with Crippen LogP contribution in [-0.4, -0.2) is 74.1 Å². The summed E-state index contributed by atoms with van der Waals surface area (Å²) < 4.78 is 5.93. The van der Waals surface area contributed by atoms with E-state index in [1.807, 2.05) is 30.3 Å². The lowest BCUT2D eigenvalue weighted by atomic mass is 10.0. The van der Waals surface area contributed by atoms with Gasteiger partial charge in [0.15, 0.2) is 5.75 Å². The van der Waals surface area contributed by atoms with Crippen LogP contribution in [0.25, 0.3) is 0 Å². The van der Waals surface area contributed by atoms with Gasteiger partial charge in [-0.15, -0.1) is 0 Å². The Balaban J connectivity index is 1.56. The van der Waals surface area contributed by atoms with E-state index in [1.54, 1.807) is 30.1 Å². The van der Waals surface area contributed by atoms with E-state index in [0.717, 1.165) is 19.6 Å². The highest BCUT2D eigenvalue weighted by Gasteiger charge is 2.21. The number of rotatable bonds is 7. The molecule has 0 bridgehead atoms. The molecule has 7 heteroatoms. The third-order valence-electron chi connectivity index (χ3n) is 5.60. The molecule has 0 radical (unpaired) electrons. The number of nitrogens with one attached hydrogen (secondary N) is 1. The maximum atomic E-state index is 12.8. The molecule has 0 saturated carbocycles. The Bertz CT molecular complexity index is 825. The molecule has 1 saturated heterocycles. The monoisotopic (exact) mass is 430 g/mol. The highest BCUT2D eigenvalue weighted by atomic mass is 35.5. The number of carbonyl (C=O) groups excluding carboxylic acids is 1. The molecule has 2 aromatic carbocycles. The number of carbonyl (C=O) groups is 1. The van der Waals surface area contributed by atoms with Crippen LogP contribution in [0.5, 0.6) is 11.5 Å². The summed E-state index contributed by atoms with van der Waals surface area (Å²) in [7, 11) is 6.12. The number of hydrogen-bond donors (Lipinski definition) is 1. The van der Waals surface area contributed by atoms with Gasteiger partial charge in [-0.05, 0) is 70.4 Å². The Hall–Kier alpha value is -2.28. The minimum Gasteiger partial charge on any atom is -0.455 e. The Labute approximate surface area is 184 Å². The van der Waals surface area contributed by atoms with E-state index in [1.165, 1.54) is 12.8 Å². The van der Waals surface area contributed by atoms with Crippen molar-refractivity contribution in [3.05, 3.63) is 53.6 Å². The van der Waals surface area contributed by atoms with Gasteiger partial charge in [-0.2, -0.15) is 0 Å². The molecule has 0 atom stereocenters. The molecule has 6 nitrogen and oxygen atoms in total. The van der Waals surface area contributed by atoms with E-state index < -0.39 is 0 Å². The molecule has 1 aliphatic heterocycles. The highest BCUT2D eigenvalue weighted by molar-refractivity contribution is 6.31. The third-order valence-corrected chi connectivity index (χ3v) is 5.84. The molecular weight excluding hydrogens is 400 g/mol. The van der Waals surface area contributed by atoms with Gasteiger partial charge in [0.2, 0.25) is 0 Å². The van der Waals surface area contributed by atoms with Gasteiger partial charge in [0, 0.05) is 31.2 Å². The minimum absolute atomic E-state index is 0.188. The van der Waals surface area contributed by atoms with Crippen LogP contribution in [0.4, 0.5) is 10.5 Å². The Morgan fingerprint density at radius 3 is 2.53 bits per heavy atom. The zero-order chi connectivity index (χ0) is 21.5. The molecular formula is C23H31ClN4O2. The average molecular weight is 431 g/mol. The third kappa shape index (κ3) is 6.36. The maximum Gasteiger partial charge on any atom is 0.321 e. The Morgan fingerprint density at radius 1 is 1.13 bits per heavy atom. The summed E-state index contributed by atoms with van der Waals surface area (Å²) in [6, 6.07) is 15.1. The topological polar surface area (TPSA) is 48.0 Å². The van der Waals surface area contributed by atoms with Crippen molar-refractivity contribution >= 4 is 23.3 Å². The molecule has 0 aromatic heterocycles. The molecule has 30 heavy (non-hydrogen) atoms. The number of nitrogens with zero attached hydrogens (tertiary/aromatic N) is 3.